The quantitative estimate of drug-likeness (QED) is 0.472. The highest BCUT2D eigenvalue weighted by atomic mass is 16.5. The Morgan fingerprint density at radius 1 is 1.36 bits per heavy atom. The van der Waals surface area contributed by atoms with E-state index in [2.05, 4.69) is 4.74 Å². The molecule has 78 valence electrons. The molecule has 0 saturated heterocycles. The molecule has 0 N–H and O–H groups in total. The molecule has 0 aromatic heterocycles. The topological polar surface area (TPSA) is 43.4 Å². The Bertz CT molecular complexity index is 259. The zero-order valence-electron chi connectivity index (χ0n) is 8.49. The van der Waals surface area contributed by atoms with Gasteiger partial charge in [0.05, 0.1) is 7.11 Å². The summed E-state index contributed by atoms with van der Waals surface area (Å²) >= 11 is 0. The molecule has 2 saturated carbocycles. The average molecular weight is 196 g/mol. The van der Waals surface area contributed by atoms with Gasteiger partial charge in [0.2, 0.25) is 0 Å². The Kier molecular flexibility index (Phi) is 2.57. The van der Waals surface area contributed by atoms with Crippen molar-refractivity contribution in [3.63, 3.8) is 0 Å². The van der Waals surface area contributed by atoms with Gasteiger partial charge in [0.15, 0.2) is 0 Å². The molecule has 2 fully saturated rings. The molecule has 0 aliphatic heterocycles. The van der Waals surface area contributed by atoms with Gasteiger partial charge in [-0.05, 0) is 24.7 Å². The van der Waals surface area contributed by atoms with Crippen LogP contribution in [-0.2, 0) is 14.3 Å². The molecule has 0 aromatic rings. The van der Waals surface area contributed by atoms with E-state index < -0.39 is 5.92 Å². The summed E-state index contributed by atoms with van der Waals surface area (Å²) in [5, 5.41) is 0. The number of rotatable bonds is 1. The minimum atomic E-state index is -0.459. The van der Waals surface area contributed by atoms with Gasteiger partial charge < -0.3 is 4.74 Å². The van der Waals surface area contributed by atoms with E-state index in [0.29, 0.717) is 18.3 Å². The summed E-state index contributed by atoms with van der Waals surface area (Å²) in [5.74, 6) is 0.458. The molecule has 0 unspecified atom stereocenters. The van der Waals surface area contributed by atoms with Gasteiger partial charge in [0, 0.05) is 6.42 Å². The number of Topliss-reactive ketones (excluding diaryl/α,β-unsaturated/α-hetero) is 1. The molecule has 2 aliphatic rings. The van der Waals surface area contributed by atoms with E-state index >= 15 is 0 Å². The van der Waals surface area contributed by atoms with E-state index in [0.717, 1.165) is 6.42 Å². The van der Waals surface area contributed by atoms with Crippen molar-refractivity contribution >= 4 is 11.8 Å². The fourth-order valence-electron chi connectivity index (χ4n) is 2.90. The van der Waals surface area contributed by atoms with Crippen LogP contribution in [0.25, 0.3) is 0 Å². The molecule has 2 aliphatic carbocycles. The third kappa shape index (κ3) is 1.56. The molecule has 2 rings (SSSR count). The maximum absolute atomic E-state index is 11.6. The summed E-state index contributed by atoms with van der Waals surface area (Å²) in [7, 11) is 1.36. The van der Waals surface area contributed by atoms with Gasteiger partial charge in [0.1, 0.15) is 11.7 Å². The van der Waals surface area contributed by atoms with Crippen LogP contribution < -0.4 is 0 Å². The van der Waals surface area contributed by atoms with Gasteiger partial charge in [-0.3, -0.25) is 9.59 Å². The van der Waals surface area contributed by atoms with Crippen molar-refractivity contribution in [1.82, 2.24) is 0 Å². The largest absolute Gasteiger partial charge is 0.468 e. The monoisotopic (exact) mass is 196 g/mol. The minimum Gasteiger partial charge on any atom is -0.468 e. The van der Waals surface area contributed by atoms with Crippen LogP contribution in [0.3, 0.4) is 0 Å². The predicted molar refractivity (Wildman–Crippen MR) is 50.6 cm³/mol. The second-order valence-electron chi connectivity index (χ2n) is 4.43. The van der Waals surface area contributed by atoms with Crippen LogP contribution in [-0.4, -0.2) is 18.9 Å². The van der Waals surface area contributed by atoms with Crippen LogP contribution in [0.15, 0.2) is 0 Å². The van der Waals surface area contributed by atoms with Crippen molar-refractivity contribution in [3.05, 3.63) is 0 Å². The lowest BCUT2D eigenvalue weighted by molar-refractivity contribution is -0.152. The van der Waals surface area contributed by atoms with E-state index in [1.165, 1.54) is 26.4 Å². The standard InChI is InChI=1S/C11H16O3/c1-14-11(13)9-5-7-3-2-4-8(7)6-10(9)12/h7-9H,2-6H2,1H3/t7-,8+,9+/m1/s1. The van der Waals surface area contributed by atoms with Gasteiger partial charge in [-0.1, -0.05) is 12.8 Å². The number of methoxy groups -OCH3 is 1. The van der Waals surface area contributed by atoms with Crippen LogP contribution in [0.2, 0.25) is 0 Å². The molecule has 0 amide bonds. The molecule has 3 heteroatoms. The molecule has 0 spiro atoms. The number of carbonyl (C=O) groups is 2. The zero-order chi connectivity index (χ0) is 10.1. The van der Waals surface area contributed by atoms with Crippen molar-refractivity contribution in [1.29, 1.82) is 0 Å². The summed E-state index contributed by atoms with van der Waals surface area (Å²) < 4.78 is 4.65. The molecular formula is C11H16O3. The first kappa shape index (κ1) is 9.69. The van der Waals surface area contributed by atoms with Crippen molar-refractivity contribution < 1.29 is 14.3 Å². The normalized spacial score (nSPS) is 36.6. The van der Waals surface area contributed by atoms with Crippen LogP contribution in [0.5, 0.6) is 0 Å². The highest BCUT2D eigenvalue weighted by Gasteiger charge is 2.41. The number of hydrogen-bond acceptors (Lipinski definition) is 3. The Morgan fingerprint density at radius 2 is 2.07 bits per heavy atom. The molecule has 3 atom stereocenters. The number of esters is 1. The van der Waals surface area contributed by atoms with Crippen LogP contribution in [0.1, 0.15) is 32.1 Å². The lowest BCUT2D eigenvalue weighted by atomic mass is 9.75. The molecule has 14 heavy (non-hydrogen) atoms. The molecule has 3 nitrogen and oxygen atoms in total. The fourth-order valence-corrected chi connectivity index (χ4v) is 2.90. The summed E-state index contributed by atoms with van der Waals surface area (Å²) in [4.78, 5) is 23.0. The van der Waals surface area contributed by atoms with Crippen molar-refractivity contribution in [3.8, 4) is 0 Å². The predicted octanol–water partition coefficient (Wildman–Crippen LogP) is 1.55. The summed E-state index contributed by atoms with van der Waals surface area (Å²) in [6, 6.07) is 0. The van der Waals surface area contributed by atoms with Crippen molar-refractivity contribution in [2.24, 2.45) is 17.8 Å². The van der Waals surface area contributed by atoms with Crippen LogP contribution in [0, 0.1) is 17.8 Å². The SMILES string of the molecule is COC(=O)[C@H]1C[C@H]2CCC[C@H]2CC1=O. The summed E-state index contributed by atoms with van der Waals surface area (Å²) in [5.41, 5.74) is 0. The molecular weight excluding hydrogens is 180 g/mol. The number of ether oxygens (including phenoxy) is 1. The van der Waals surface area contributed by atoms with E-state index in [4.69, 9.17) is 0 Å². The first-order chi connectivity index (χ1) is 6.72. The van der Waals surface area contributed by atoms with E-state index in [1.54, 1.807) is 0 Å². The van der Waals surface area contributed by atoms with Gasteiger partial charge in [-0.25, -0.2) is 0 Å². The number of ketones is 1. The molecule has 0 aromatic carbocycles. The number of fused-ring (bicyclic) bond motifs is 1. The molecule has 0 heterocycles. The van der Waals surface area contributed by atoms with Gasteiger partial charge in [-0.2, -0.15) is 0 Å². The van der Waals surface area contributed by atoms with Crippen molar-refractivity contribution in [2.75, 3.05) is 7.11 Å². The smallest absolute Gasteiger partial charge is 0.316 e. The highest BCUT2D eigenvalue weighted by molar-refractivity contribution is 5.99. The number of carbonyl (C=O) groups excluding carboxylic acids is 2. The third-order valence-corrected chi connectivity index (χ3v) is 3.69. The van der Waals surface area contributed by atoms with E-state index in [9.17, 15) is 9.59 Å². The Balaban J connectivity index is 2.06. The van der Waals surface area contributed by atoms with Crippen molar-refractivity contribution in [2.45, 2.75) is 32.1 Å². The van der Waals surface area contributed by atoms with Crippen LogP contribution in [0.4, 0.5) is 0 Å². The highest BCUT2D eigenvalue weighted by Crippen LogP contribution is 2.42. The maximum atomic E-state index is 11.6. The van der Waals surface area contributed by atoms with Gasteiger partial charge >= 0.3 is 5.97 Å². The van der Waals surface area contributed by atoms with Gasteiger partial charge in [0.25, 0.3) is 0 Å². The Morgan fingerprint density at radius 3 is 2.79 bits per heavy atom. The van der Waals surface area contributed by atoms with E-state index in [1.807, 2.05) is 0 Å². The maximum Gasteiger partial charge on any atom is 0.316 e. The van der Waals surface area contributed by atoms with E-state index in [-0.39, 0.29) is 11.8 Å². The second-order valence-corrected chi connectivity index (χ2v) is 4.43. The average Bonchev–Trinajstić information content (AvgIpc) is 2.62. The third-order valence-electron chi connectivity index (χ3n) is 3.69. The summed E-state index contributed by atoms with van der Waals surface area (Å²) in [6.45, 7) is 0. The summed E-state index contributed by atoms with van der Waals surface area (Å²) in [6.07, 6.45) is 4.91. The second kappa shape index (κ2) is 3.71. The Labute approximate surface area is 83.8 Å². The lowest BCUT2D eigenvalue weighted by Crippen LogP contribution is -2.35. The van der Waals surface area contributed by atoms with Crippen LogP contribution >= 0.6 is 0 Å². The zero-order valence-corrected chi connectivity index (χ0v) is 8.49. The molecule has 0 radical (unpaired) electrons. The fraction of sp³-hybridized carbons (Fsp3) is 0.818. The number of hydrogen-bond donors (Lipinski definition) is 0. The van der Waals surface area contributed by atoms with Gasteiger partial charge in [-0.15, -0.1) is 0 Å². The first-order valence-corrected chi connectivity index (χ1v) is 5.33. The first-order valence-electron chi connectivity index (χ1n) is 5.33. The Hall–Kier alpha value is -0.860. The minimum absolute atomic E-state index is 0.0972. The lowest BCUT2D eigenvalue weighted by Gasteiger charge is -2.28. The molecule has 0 bridgehead atoms.